The van der Waals surface area contributed by atoms with Crippen molar-refractivity contribution >= 4 is 22.8 Å². The standard InChI is InChI=1S/C20H21FN4O3/c1-22-18-3-2-7-25(18)19(26)11-24-8-6-14(10-24)23-20(27)16-12-28-17-5-4-13(21)9-15(16)17/h1,4-5,9,12,14,18H,2-3,6-8,10-11H2/p+1/t14-,18-/m0/s1. The van der Waals surface area contributed by atoms with Crippen LogP contribution in [0.2, 0.25) is 0 Å². The molecule has 1 N–H and O–H groups in total. The van der Waals surface area contributed by atoms with Crippen LogP contribution in [0.3, 0.4) is 0 Å². The van der Waals surface area contributed by atoms with Gasteiger partial charge in [0.05, 0.1) is 18.5 Å². The van der Waals surface area contributed by atoms with E-state index < -0.39 is 5.82 Å². The van der Waals surface area contributed by atoms with Crippen molar-refractivity contribution in [3.8, 4) is 6.57 Å². The number of furan rings is 1. The summed E-state index contributed by atoms with van der Waals surface area (Å²) in [6.45, 7) is 7.66. The van der Waals surface area contributed by atoms with Gasteiger partial charge in [0.1, 0.15) is 17.7 Å². The van der Waals surface area contributed by atoms with Crippen LogP contribution in [-0.2, 0) is 4.79 Å². The third-order valence-electron chi connectivity index (χ3n) is 5.46. The van der Waals surface area contributed by atoms with E-state index >= 15 is 0 Å². The average molecular weight is 385 g/mol. The zero-order valence-electron chi connectivity index (χ0n) is 15.4. The Labute approximate surface area is 161 Å². The maximum absolute atomic E-state index is 13.5. The number of rotatable bonds is 4. The summed E-state index contributed by atoms with van der Waals surface area (Å²) in [5, 5.41) is 3.41. The summed E-state index contributed by atoms with van der Waals surface area (Å²) < 4.78 is 18.8. The summed E-state index contributed by atoms with van der Waals surface area (Å²) in [7, 11) is 0. The first-order chi connectivity index (χ1) is 13.5. The van der Waals surface area contributed by atoms with Crippen LogP contribution < -0.4 is 5.32 Å². The van der Waals surface area contributed by atoms with Gasteiger partial charge in [-0.05, 0) is 31.0 Å². The van der Waals surface area contributed by atoms with Gasteiger partial charge in [-0.15, -0.1) is 0 Å². The van der Waals surface area contributed by atoms with E-state index in [-0.39, 0.29) is 30.6 Å². The monoisotopic (exact) mass is 385 g/mol. The van der Waals surface area contributed by atoms with Crippen molar-refractivity contribution in [2.75, 3.05) is 26.2 Å². The van der Waals surface area contributed by atoms with Crippen molar-refractivity contribution in [1.82, 2.24) is 15.1 Å². The molecule has 2 amide bonds. The maximum atomic E-state index is 13.5. The minimum absolute atomic E-state index is 0.0139. The van der Waals surface area contributed by atoms with Gasteiger partial charge < -0.3 is 9.73 Å². The molecule has 146 valence electrons. The highest BCUT2D eigenvalue weighted by Crippen LogP contribution is 2.23. The molecule has 0 unspecified atom stereocenters. The number of nitrogens with zero attached hydrogens (tertiary/aromatic N) is 3. The van der Waals surface area contributed by atoms with Gasteiger partial charge in [-0.25, -0.2) is 4.39 Å². The molecule has 2 fully saturated rings. The van der Waals surface area contributed by atoms with E-state index in [2.05, 4.69) is 10.2 Å². The lowest BCUT2D eigenvalue weighted by Gasteiger charge is -2.20. The van der Waals surface area contributed by atoms with Crippen molar-refractivity contribution in [2.45, 2.75) is 31.5 Å². The van der Waals surface area contributed by atoms with E-state index in [1.165, 1.54) is 24.5 Å². The van der Waals surface area contributed by atoms with Crippen LogP contribution in [0.1, 0.15) is 29.6 Å². The lowest BCUT2D eigenvalue weighted by Crippen LogP contribution is -2.42. The highest BCUT2D eigenvalue weighted by Gasteiger charge is 2.37. The summed E-state index contributed by atoms with van der Waals surface area (Å²) in [6, 6.07) is 4.01. The van der Waals surface area contributed by atoms with Gasteiger partial charge >= 0.3 is 6.17 Å². The number of hydrogen-bond donors (Lipinski definition) is 1. The number of fused-ring (bicyclic) bond motifs is 1. The smallest absolute Gasteiger partial charge is 0.349 e. The molecule has 1 aromatic heterocycles. The normalized spacial score (nSPS) is 22.5. The first kappa shape index (κ1) is 18.4. The molecule has 2 saturated heterocycles. The summed E-state index contributed by atoms with van der Waals surface area (Å²) in [5.74, 6) is -0.706. The second kappa shape index (κ2) is 7.60. The van der Waals surface area contributed by atoms with Crippen LogP contribution in [0, 0.1) is 12.4 Å². The van der Waals surface area contributed by atoms with Gasteiger partial charge in [0, 0.05) is 31.1 Å². The van der Waals surface area contributed by atoms with Gasteiger partial charge in [0.15, 0.2) is 0 Å². The number of halogens is 1. The largest absolute Gasteiger partial charge is 0.463 e. The minimum atomic E-state index is -0.419. The molecule has 2 aromatic rings. The molecular weight excluding hydrogens is 363 g/mol. The van der Waals surface area contributed by atoms with E-state index in [0.717, 1.165) is 25.8 Å². The number of benzene rings is 1. The van der Waals surface area contributed by atoms with Gasteiger partial charge in [-0.1, -0.05) is 4.85 Å². The lowest BCUT2D eigenvalue weighted by atomic mass is 10.1. The predicted octanol–water partition coefficient (Wildman–Crippen LogP) is 2.29. The van der Waals surface area contributed by atoms with Crippen LogP contribution >= 0.6 is 0 Å². The molecule has 0 bridgehead atoms. The van der Waals surface area contributed by atoms with Crippen LogP contribution in [0.5, 0.6) is 0 Å². The van der Waals surface area contributed by atoms with E-state index in [9.17, 15) is 14.0 Å². The number of likely N-dealkylation sites (tertiary alicyclic amines) is 2. The Hall–Kier alpha value is -2.92. The van der Waals surface area contributed by atoms with Crippen molar-refractivity contribution in [3.05, 3.63) is 40.7 Å². The molecule has 1 aromatic carbocycles. The molecule has 0 aliphatic carbocycles. The first-order valence-electron chi connectivity index (χ1n) is 9.44. The van der Waals surface area contributed by atoms with E-state index in [1.807, 2.05) is 4.90 Å². The van der Waals surface area contributed by atoms with Crippen LogP contribution in [0.15, 0.2) is 28.9 Å². The average Bonchev–Trinajstić information content (AvgIpc) is 3.40. The van der Waals surface area contributed by atoms with Gasteiger partial charge in [-0.2, -0.15) is 0 Å². The molecular formula is C20H22FN4O3+. The minimum Gasteiger partial charge on any atom is -0.463 e. The Kier molecular flexibility index (Phi) is 5.01. The number of hydrogen-bond acceptors (Lipinski definition) is 4. The summed E-state index contributed by atoms with van der Waals surface area (Å²) in [4.78, 5) is 32.6. The van der Waals surface area contributed by atoms with Crippen LogP contribution in [0.25, 0.3) is 15.8 Å². The van der Waals surface area contributed by atoms with Crippen LogP contribution in [0.4, 0.5) is 4.39 Å². The fraction of sp³-hybridized carbons (Fsp3) is 0.450. The third-order valence-corrected chi connectivity index (χ3v) is 5.46. The Morgan fingerprint density at radius 2 is 2.18 bits per heavy atom. The fourth-order valence-corrected chi connectivity index (χ4v) is 4.01. The summed E-state index contributed by atoms with van der Waals surface area (Å²) in [5.41, 5.74) is 0.782. The molecule has 0 radical (unpaired) electrons. The number of carbonyl (C=O) groups excluding carboxylic acids is 2. The van der Waals surface area contributed by atoms with E-state index in [4.69, 9.17) is 11.0 Å². The second-order valence-corrected chi connectivity index (χ2v) is 7.34. The Balaban J connectivity index is 1.34. The van der Waals surface area contributed by atoms with Gasteiger partial charge in [0.25, 0.3) is 12.5 Å². The van der Waals surface area contributed by atoms with Crippen LogP contribution in [-0.4, -0.2) is 60.0 Å². The second-order valence-electron chi connectivity index (χ2n) is 7.34. The SMILES string of the molecule is C#[N+][C@@H]1CCCN1C(=O)CN1CC[C@H](NC(=O)c2coc3ccc(F)cc23)C1. The Bertz CT molecular complexity index is 951. The molecule has 7 nitrogen and oxygen atoms in total. The molecule has 28 heavy (non-hydrogen) atoms. The topological polar surface area (TPSA) is 70.2 Å². The van der Waals surface area contributed by atoms with Gasteiger partial charge in [0.2, 0.25) is 5.91 Å². The molecule has 0 spiro atoms. The molecule has 2 atom stereocenters. The van der Waals surface area contributed by atoms with E-state index in [1.54, 1.807) is 4.90 Å². The summed E-state index contributed by atoms with van der Waals surface area (Å²) >= 11 is 0. The molecule has 8 heteroatoms. The predicted molar refractivity (Wildman–Crippen MR) is 102 cm³/mol. The quantitative estimate of drug-likeness (QED) is 0.877. The van der Waals surface area contributed by atoms with E-state index in [0.29, 0.717) is 29.6 Å². The Morgan fingerprint density at radius 3 is 3.00 bits per heavy atom. The zero-order chi connectivity index (χ0) is 19.7. The third kappa shape index (κ3) is 3.58. The highest BCUT2D eigenvalue weighted by molar-refractivity contribution is 6.06. The van der Waals surface area contributed by atoms with Crippen molar-refractivity contribution < 1.29 is 18.4 Å². The van der Waals surface area contributed by atoms with Gasteiger partial charge in [-0.3, -0.25) is 19.4 Å². The molecule has 4 rings (SSSR count). The molecule has 2 aliphatic heterocycles. The molecule has 0 saturated carbocycles. The number of carbonyl (C=O) groups is 2. The number of nitrogens with one attached hydrogen (secondary N) is 1. The fourth-order valence-electron chi connectivity index (χ4n) is 4.01. The molecule has 3 heterocycles. The Morgan fingerprint density at radius 1 is 1.32 bits per heavy atom. The zero-order valence-corrected chi connectivity index (χ0v) is 15.4. The van der Waals surface area contributed by atoms with Crippen molar-refractivity contribution in [2.24, 2.45) is 0 Å². The maximum Gasteiger partial charge on any atom is 0.349 e. The van der Waals surface area contributed by atoms with Crippen molar-refractivity contribution in [3.63, 3.8) is 0 Å². The summed E-state index contributed by atoms with van der Waals surface area (Å²) in [6.07, 6.45) is 3.59. The lowest BCUT2D eigenvalue weighted by molar-refractivity contribution is -0.132. The molecule has 2 aliphatic rings. The van der Waals surface area contributed by atoms with Crippen molar-refractivity contribution in [1.29, 1.82) is 0 Å². The highest BCUT2D eigenvalue weighted by atomic mass is 19.1. The first-order valence-corrected chi connectivity index (χ1v) is 9.44. The number of amides is 2.